The van der Waals surface area contributed by atoms with Crippen LogP contribution in [0, 0.1) is 0 Å². The van der Waals surface area contributed by atoms with Gasteiger partial charge in [0.25, 0.3) is 5.91 Å². The molecule has 0 saturated carbocycles. The monoisotopic (exact) mass is 398 g/mol. The number of pyridine rings is 1. The summed E-state index contributed by atoms with van der Waals surface area (Å²) in [6, 6.07) is 7.24. The number of hydrazone groups is 1. The highest BCUT2D eigenvalue weighted by atomic mass is 35.5. The van der Waals surface area contributed by atoms with E-state index in [0.717, 1.165) is 16.8 Å². The number of hydrogen-bond donors (Lipinski definition) is 1. The first-order chi connectivity index (χ1) is 13.2. The summed E-state index contributed by atoms with van der Waals surface area (Å²) in [5.41, 5.74) is 6.79. The molecule has 1 aliphatic heterocycles. The summed E-state index contributed by atoms with van der Waals surface area (Å²) < 4.78 is 5.54. The van der Waals surface area contributed by atoms with Crippen molar-refractivity contribution in [2.75, 3.05) is 19.1 Å². The predicted octanol–water partition coefficient (Wildman–Crippen LogP) is 4.14. The number of hydrogen-bond acceptors (Lipinski definition) is 5. The number of halogens is 1. The highest BCUT2D eigenvalue weighted by Crippen LogP contribution is 2.40. The van der Waals surface area contributed by atoms with Crippen molar-refractivity contribution < 1.29 is 9.53 Å². The third-order valence-corrected chi connectivity index (χ3v) is 5.24. The second-order valence-corrected chi connectivity index (χ2v) is 7.55. The van der Waals surface area contributed by atoms with Gasteiger partial charge in [0.15, 0.2) is 0 Å². The van der Waals surface area contributed by atoms with Gasteiger partial charge in [-0.25, -0.2) is 10.4 Å². The Hall–Kier alpha value is -2.86. The lowest BCUT2D eigenvalue weighted by atomic mass is 9.88. The van der Waals surface area contributed by atoms with Crippen molar-refractivity contribution in [2.24, 2.45) is 5.10 Å². The molecule has 1 N–H and O–H groups in total. The van der Waals surface area contributed by atoms with E-state index >= 15 is 0 Å². The van der Waals surface area contributed by atoms with E-state index in [1.807, 2.05) is 12.1 Å². The Morgan fingerprint density at radius 3 is 2.82 bits per heavy atom. The van der Waals surface area contributed by atoms with E-state index in [4.69, 9.17) is 16.3 Å². The molecule has 146 valence electrons. The van der Waals surface area contributed by atoms with E-state index in [9.17, 15) is 4.79 Å². The lowest BCUT2D eigenvalue weighted by Crippen LogP contribution is -2.42. The number of benzene rings is 1. The molecule has 0 fully saturated rings. The van der Waals surface area contributed by atoms with Crippen molar-refractivity contribution >= 4 is 35.0 Å². The van der Waals surface area contributed by atoms with Crippen molar-refractivity contribution in [1.82, 2.24) is 10.4 Å². The molecular formula is C21H23ClN4O2. The van der Waals surface area contributed by atoms with Crippen molar-refractivity contribution in [2.45, 2.75) is 26.3 Å². The molecule has 6 nitrogen and oxygen atoms in total. The van der Waals surface area contributed by atoms with Crippen molar-refractivity contribution in [3.63, 3.8) is 0 Å². The molecule has 0 spiro atoms. The van der Waals surface area contributed by atoms with Gasteiger partial charge in [0.1, 0.15) is 10.9 Å². The van der Waals surface area contributed by atoms with Gasteiger partial charge >= 0.3 is 0 Å². The molecule has 2 aromatic rings. The van der Waals surface area contributed by atoms with Crippen molar-refractivity contribution in [1.29, 1.82) is 0 Å². The number of methoxy groups -OCH3 is 1. The van der Waals surface area contributed by atoms with Crippen LogP contribution < -0.4 is 15.1 Å². The van der Waals surface area contributed by atoms with Crippen LogP contribution in [0.2, 0.25) is 5.15 Å². The molecule has 0 aliphatic carbocycles. The maximum atomic E-state index is 12.2. The first-order valence-corrected chi connectivity index (χ1v) is 9.22. The van der Waals surface area contributed by atoms with Crippen LogP contribution in [0.1, 0.15) is 42.3 Å². The molecule has 0 saturated heterocycles. The van der Waals surface area contributed by atoms with Gasteiger partial charge in [-0.15, -0.1) is 0 Å². The number of allylic oxidation sites excluding steroid dienone is 1. The zero-order valence-electron chi connectivity index (χ0n) is 16.6. The number of carbonyl (C=O) groups excluding carboxylic acids is 1. The molecule has 2 heterocycles. The van der Waals surface area contributed by atoms with Gasteiger partial charge in [-0.05, 0) is 44.5 Å². The van der Waals surface area contributed by atoms with Gasteiger partial charge in [-0.1, -0.05) is 17.7 Å². The van der Waals surface area contributed by atoms with E-state index in [2.05, 4.69) is 54.3 Å². The van der Waals surface area contributed by atoms with Crippen LogP contribution in [0.25, 0.3) is 5.57 Å². The fraction of sp³-hybridized carbons (Fsp3) is 0.286. The molecule has 0 atom stereocenters. The van der Waals surface area contributed by atoms with Gasteiger partial charge in [-0.2, -0.15) is 5.10 Å². The molecule has 0 bridgehead atoms. The Morgan fingerprint density at radius 2 is 2.14 bits per heavy atom. The van der Waals surface area contributed by atoms with E-state index < -0.39 is 5.91 Å². The average Bonchev–Trinajstić information content (AvgIpc) is 2.65. The Labute approximate surface area is 169 Å². The van der Waals surface area contributed by atoms with Gasteiger partial charge in [0.2, 0.25) is 0 Å². The third-order valence-electron chi connectivity index (χ3n) is 4.94. The maximum absolute atomic E-state index is 12.2. The van der Waals surface area contributed by atoms with Crippen LogP contribution in [0.3, 0.4) is 0 Å². The first-order valence-electron chi connectivity index (χ1n) is 8.84. The number of likely N-dealkylation sites (N-methyl/N-ethyl adjacent to an activating group) is 1. The molecule has 0 unspecified atom stereocenters. The van der Waals surface area contributed by atoms with Crippen LogP contribution in [-0.4, -0.2) is 36.8 Å². The fourth-order valence-electron chi connectivity index (χ4n) is 3.25. The second kappa shape index (κ2) is 7.64. The van der Waals surface area contributed by atoms with E-state index in [0.29, 0.717) is 5.75 Å². The van der Waals surface area contributed by atoms with E-state index in [1.165, 1.54) is 11.8 Å². The van der Waals surface area contributed by atoms with Gasteiger partial charge in [0, 0.05) is 36.1 Å². The number of rotatable bonds is 4. The largest absolute Gasteiger partial charge is 0.496 e. The topological polar surface area (TPSA) is 66.8 Å². The number of fused-ring (bicyclic) bond motifs is 1. The molecule has 1 aromatic heterocycles. The van der Waals surface area contributed by atoms with Crippen LogP contribution in [0.15, 0.2) is 41.6 Å². The average molecular weight is 399 g/mol. The molecule has 7 heteroatoms. The molecule has 1 aromatic carbocycles. The summed E-state index contributed by atoms with van der Waals surface area (Å²) in [6.45, 7) is 6.42. The normalized spacial score (nSPS) is 15.2. The van der Waals surface area contributed by atoms with E-state index in [1.54, 1.807) is 25.5 Å². The van der Waals surface area contributed by atoms with Crippen molar-refractivity contribution in [3.8, 4) is 5.75 Å². The third kappa shape index (κ3) is 3.73. The van der Waals surface area contributed by atoms with Gasteiger partial charge in [-0.3, -0.25) is 4.79 Å². The lowest BCUT2D eigenvalue weighted by molar-refractivity contribution is 0.0955. The minimum Gasteiger partial charge on any atom is -0.496 e. The number of carbonyl (C=O) groups is 1. The highest BCUT2D eigenvalue weighted by molar-refractivity contribution is 6.32. The standard InChI is InChI=1S/C21H23ClN4O2/c1-13-11-21(2,3)26(4)17-10-18(28-5)14(9-16(13)17)12-24-25-20(27)15-7-6-8-23-19(15)22/h6-12H,1-5H3,(H,25,27)/b24-12-. The summed E-state index contributed by atoms with van der Waals surface area (Å²) in [5, 5.41) is 4.20. The zero-order valence-corrected chi connectivity index (χ0v) is 17.3. The van der Waals surface area contributed by atoms with Crippen LogP contribution in [0.5, 0.6) is 5.75 Å². The molecule has 1 aliphatic rings. The molecule has 28 heavy (non-hydrogen) atoms. The number of aromatic nitrogens is 1. The Kier molecular flexibility index (Phi) is 5.42. The number of nitrogens with zero attached hydrogens (tertiary/aromatic N) is 3. The zero-order chi connectivity index (χ0) is 20.5. The smallest absolute Gasteiger partial charge is 0.274 e. The van der Waals surface area contributed by atoms with Gasteiger partial charge < -0.3 is 9.64 Å². The molecule has 1 amide bonds. The summed E-state index contributed by atoms with van der Waals surface area (Å²) in [5.74, 6) is 0.248. The minimum absolute atomic E-state index is 0.0886. The summed E-state index contributed by atoms with van der Waals surface area (Å²) in [6.07, 6.45) is 5.32. The Morgan fingerprint density at radius 1 is 1.39 bits per heavy atom. The van der Waals surface area contributed by atoms with Crippen LogP contribution in [0.4, 0.5) is 5.69 Å². The van der Waals surface area contributed by atoms with Crippen LogP contribution >= 0.6 is 11.6 Å². The van der Waals surface area contributed by atoms with E-state index in [-0.39, 0.29) is 16.3 Å². The maximum Gasteiger partial charge on any atom is 0.274 e. The molecular weight excluding hydrogens is 376 g/mol. The number of amides is 1. The Bertz CT molecular complexity index is 982. The summed E-state index contributed by atoms with van der Waals surface area (Å²) in [7, 11) is 3.68. The number of ether oxygens (including phenoxy) is 1. The number of nitrogens with one attached hydrogen (secondary N) is 1. The lowest BCUT2D eigenvalue weighted by Gasteiger charge is -2.40. The van der Waals surface area contributed by atoms with Crippen molar-refractivity contribution in [3.05, 3.63) is 58.4 Å². The molecule has 0 radical (unpaired) electrons. The number of anilines is 1. The van der Waals surface area contributed by atoms with Gasteiger partial charge in [0.05, 0.1) is 24.4 Å². The summed E-state index contributed by atoms with van der Waals surface area (Å²) in [4.78, 5) is 18.3. The minimum atomic E-state index is -0.427. The highest BCUT2D eigenvalue weighted by Gasteiger charge is 2.29. The molecule has 3 rings (SSSR count). The SMILES string of the molecule is COc1cc2c(cc1/C=N\NC(=O)c1cccnc1Cl)C(C)=CC(C)(C)N2C. The second-order valence-electron chi connectivity index (χ2n) is 7.19. The van der Waals surface area contributed by atoms with Crippen LogP contribution in [-0.2, 0) is 0 Å². The first kappa shape index (κ1) is 19.9. The quantitative estimate of drug-likeness (QED) is 0.477. The summed E-state index contributed by atoms with van der Waals surface area (Å²) >= 11 is 5.94. The predicted molar refractivity (Wildman–Crippen MR) is 113 cm³/mol. The Balaban J connectivity index is 1.89. The fourth-order valence-corrected chi connectivity index (χ4v) is 3.45.